The van der Waals surface area contributed by atoms with Crippen LogP contribution < -0.4 is 16.5 Å². The molecule has 10 nitrogen and oxygen atoms in total. The lowest BCUT2D eigenvalue weighted by Crippen LogP contribution is -2.42. The van der Waals surface area contributed by atoms with Crippen LogP contribution in [0.5, 0.6) is 0 Å². The number of nitrogens with zero attached hydrogens (tertiary/aromatic N) is 3. The van der Waals surface area contributed by atoms with Crippen LogP contribution in [0.2, 0.25) is 0 Å². The van der Waals surface area contributed by atoms with Crippen molar-refractivity contribution in [2.45, 2.75) is 43.3 Å². The van der Waals surface area contributed by atoms with Gasteiger partial charge in [0.05, 0.1) is 23.4 Å². The van der Waals surface area contributed by atoms with Gasteiger partial charge in [-0.2, -0.15) is 5.90 Å². The Hall–Kier alpha value is -3.13. The molecule has 0 aliphatic rings. The minimum absolute atomic E-state index is 0.237. The fourth-order valence-electron chi connectivity index (χ4n) is 3.57. The zero-order valence-electron chi connectivity index (χ0n) is 20.2. The number of carboxylic acids is 1. The fraction of sp³-hybridized carbons (Fsp3) is 0.280. The van der Waals surface area contributed by atoms with Gasteiger partial charge in [-0.3, -0.25) is 14.9 Å². The van der Waals surface area contributed by atoms with E-state index in [0.717, 1.165) is 41.3 Å². The van der Waals surface area contributed by atoms with E-state index in [2.05, 4.69) is 34.8 Å². The number of rotatable bonds is 15. The SMILES string of the molecule is NOOSc1ccc(NC(=S)NC(CCCCN(Cc2ccccn2)Cc2ccccn2)C(=O)O)cc1. The van der Waals surface area contributed by atoms with Crippen molar-refractivity contribution < 1.29 is 19.2 Å². The van der Waals surface area contributed by atoms with E-state index in [-0.39, 0.29) is 5.11 Å². The molecule has 0 fully saturated rings. The lowest BCUT2D eigenvalue weighted by Gasteiger charge is -2.22. The average Bonchev–Trinajstić information content (AvgIpc) is 2.91. The van der Waals surface area contributed by atoms with Crippen LogP contribution in [0.15, 0.2) is 78.0 Å². The number of nitrogens with one attached hydrogen (secondary N) is 2. The molecule has 2 heterocycles. The zero-order chi connectivity index (χ0) is 26.3. The maximum Gasteiger partial charge on any atom is 0.326 e. The first-order valence-electron chi connectivity index (χ1n) is 11.7. The predicted molar refractivity (Wildman–Crippen MR) is 146 cm³/mol. The van der Waals surface area contributed by atoms with Gasteiger partial charge >= 0.3 is 5.97 Å². The summed E-state index contributed by atoms with van der Waals surface area (Å²) in [5.74, 6) is 3.88. The van der Waals surface area contributed by atoms with Crippen molar-refractivity contribution in [3.05, 3.63) is 84.4 Å². The van der Waals surface area contributed by atoms with Crippen molar-refractivity contribution in [3.8, 4) is 0 Å². The largest absolute Gasteiger partial charge is 0.480 e. The molecule has 1 atom stereocenters. The smallest absolute Gasteiger partial charge is 0.326 e. The maximum atomic E-state index is 11.8. The number of thiocarbonyl (C=S) groups is 1. The minimum atomic E-state index is -0.950. The predicted octanol–water partition coefficient (Wildman–Crippen LogP) is 3.92. The van der Waals surface area contributed by atoms with Gasteiger partial charge in [0.25, 0.3) is 0 Å². The van der Waals surface area contributed by atoms with Gasteiger partial charge in [0.1, 0.15) is 6.04 Å². The first kappa shape index (κ1) is 28.4. The van der Waals surface area contributed by atoms with E-state index in [9.17, 15) is 9.90 Å². The van der Waals surface area contributed by atoms with Crippen LogP contribution in [0.4, 0.5) is 5.69 Å². The Morgan fingerprint density at radius 1 is 1.03 bits per heavy atom. The Labute approximate surface area is 225 Å². The van der Waals surface area contributed by atoms with E-state index in [1.54, 1.807) is 36.7 Å². The van der Waals surface area contributed by atoms with Gasteiger partial charge in [-0.05, 0) is 86.6 Å². The third-order valence-electron chi connectivity index (χ3n) is 5.33. The number of aromatic nitrogens is 2. The molecule has 0 saturated heterocycles. The first-order valence-corrected chi connectivity index (χ1v) is 12.8. The molecule has 0 amide bonds. The van der Waals surface area contributed by atoms with Crippen molar-refractivity contribution in [1.29, 1.82) is 0 Å². The molecular weight excluding hydrogens is 512 g/mol. The molecule has 12 heteroatoms. The van der Waals surface area contributed by atoms with Crippen LogP contribution in [0, 0.1) is 0 Å². The van der Waals surface area contributed by atoms with Gasteiger partial charge < -0.3 is 15.7 Å². The molecule has 0 bridgehead atoms. The van der Waals surface area contributed by atoms with Crippen LogP contribution in [0.25, 0.3) is 0 Å². The topological polar surface area (TPSA) is 135 Å². The molecule has 0 aliphatic carbocycles. The number of hydrogen-bond donors (Lipinski definition) is 4. The second-order valence-corrected chi connectivity index (χ2v) is 9.29. The van der Waals surface area contributed by atoms with Gasteiger partial charge in [0.2, 0.25) is 0 Å². The lowest BCUT2D eigenvalue weighted by molar-refractivity contribution is -0.195. The van der Waals surface area contributed by atoms with E-state index in [1.165, 1.54) is 0 Å². The van der Waals surface area contributed by atoms with Crippen LogP contribution in [-0.2, 0) is 27.2 Å². The summed E-state index contributed by atoms with van der Waals surface area (Å²) < 4.78 is 4.60. The summed E-state index contributed by atoms with van der Waals surface area (Å²) in [5.41, 5.74) is 2.66. The number of unbranched alkanes of at least 4 members (excludes halogenated alkanes) is 1. The molecule has 1 unspecified atom stereocenters. The van der Waals surface area contributed by atoms with Gasteiger partial charge in [0.15, 0.2) is 5.11 Å². The third-order valence-corrected chi connectivity index (χ3v) is 6.16. The number of benzene rings is 1. The van der Waals surface area contributed by atoms with E-state index in [0.29, 0.717) is 31.6 Å². The van der Waals surface area contributed by atoms with Gasteiger partial charge in [-0.15, -0.1) is 9.32 Å². The summed E-state index contributed by atoms with van der Waals surface area (Å²) in [4.78, 5) is 27.8. The van der Waals surface area contributed by atoms with Crippen LogP contribution in [0.1, 0.15) is 30.7 Å². The van der Waals surface area contributed by atoms with E-state index >= 15 is 0 Å². The summed E-state index contributed by atoms with van der Waals surface area (Å²) in [6, 6.07) is 18.1. The summed E-state index contributed by atoms with van der Waals surface area (Å²) >= 11 is 6.29. The zero-order valence-corrected chi connectivity index (χ0v) is 21.8. The number of aliphatic carboxylic acids is 1. The number of hydrogen-bond acceptors (Lipinski definition) is 9. The molecule has 2 aromatic heterocycles. The number of nitrogens with two attached hydrogens (primary N) is 1. The number of carbonyl (C=O) groups is 1. The molecule has 37 heavy (non-hydrogen) atoms. The molecular formula is C25H30N6O4S2. The Balaban J connectivity index is 1.47. The van der Waals surface area contributed by atoms with Crippen molar-refractivity contribution in [2.24, 2.45) is 5.90 Å². The van der Waals surface area contributed by atoms with E-state index < -0.39 is 12.0 Å². The Bertz CT molecular complexity index is 1050. The summed E-state index contributed by atoms with van der Waals surface area (Å²) in [5, 5.41) is 15.8. The highest BCUT2D eigenvalue weighted by molar-refractivity contribution is 7.94. The second kappa shape index (κ2) is 15.9. The quantitative estimate of drug-likeness (QED) is 0.0729. The van der Waals surface area contributed by atoms with E-state index in [4.69, 9.17) is 18.1 Å². The fourth-order valence-corrected chi connectivity index (χ4v) is 4.20. The highest BCUT2D eigenvalue weighted by Gasteiger charge is 2.18. The molecule has 3 rings (SSSR count). The van der Waals surface area contributed by atoms with Crippen molar-refractivity contribution in [1.82, 2.24) is 20.2 Å². The molecule has 0 spiro atoms. The van der Waals surface area contributed by atoms with Crippen molar-refractivity contribution in [2.75, 3.05) is 11.9 Å². The minimum Gasteiger partial charge on any atom is -0.480 e. The second-order valence-electron chi connectivity index (χ2n) is 8.11. The normalized spacial score (nSPS) is 11.7. The number of pyridine rings is 2. The average molecular weight is 543 g/mol. The Morgan fingerprint density at radius 2 is 1.68 bits per heavy atom. The number of anilines is 1. The lowest BCUT2D eigenvalue weighted by atomic mass is 10.1. The standard InChI is InChI=1S/C25H30N6O4S2/c26-34-35-37-22-12-10-19(11-13-22)29-25(36)30-23(24(32)33)9-3-6-16-31(17-20-7-1-4-14-27-20)18-21-8-2-5-15-28-21/h1-2,4-5,7-8,10-15,23H,3,6,9,16-18,26H2,(H,32,33)(H2,29,30,36). The van der Waals surface area contributed by atoms with Gasteiger partial charge in [-0.25, -0.2) is 4.79 Å². The molecule has 0 aliphatic heterocycles. The Morgan fingerprint density at radius 3 is 2.22 bits per heavy atom. The summed E-state index contributed by atoms with van der Waals surface area (Å²) in [6.07, 6.45) is 5.53. The summed E-state index contributed by atoms with van der Waals surface area (Å²) in [7, 11) is 0. The molecule has 5 N–H and O–H groups in total. The Kier molecular flexibility index (Phi) is 12.2. The summed E-state index contributed by atoms with van der Waals surface area (Å²) in [6.45, 7) is 2.16. The van der Waals surface area contributed by atoms with Crippen LogP contribution in [-0.4, -0.2) is 43.6 Å². The van der Waals surface area contributed by atoms with E-state index in [1.807, 2.05) is 36.4 Å². The van der Waals surface area contributed by atoms with Crippen LogP contribution >= 0.6 is 24.3 Å². The maximum absolute atomic E-state index is 11.8. The van der Waals surface area contributed by atoms with Crippen LogP contribution in [0.3, 0.4) is 0 Å². The molecule has 3 aromatic rings. The molecule has 0 saturated carbocycles. The van der Waals surface area contributed by atoms with Gasteiger partial charge in [0, 0.05) is 36.1 Å². The highest BCUT2D eigenvalue weighted by Crippen LogP contribution is 2.21. The monoisotopic (exact) mass is 542 g/mol. The highest BCUT2D eigenvalue weighted by atomic mass is 32.2. The molecule has 1 aromatic carbocycles. The van der Waals surface area contributed by atoms with Crippen molar-refractivity contribution in [3.63, 3.8) is 0 Å². The van der Waals surface area contributed by atoms with Crippen molar-refractivity contribution >= 4 is 41.0 Å². The molecule has 196 valence electrons. The third kappa shape index (κ3) is 10.8. The van der Waals surface area contributed by atoms with Gasteiger partial charge in [-0.1, -0.05) is 12.1 Å². The number of carboxylic acid groups (broad SMARTS) is 1. The first-order chi connectivity index (χ1) is 18.0. The molecule has 0 radical (unpaired) electrons.